The molecule has 2 N–H and O–H groups in total. The molecule has 0 aromatic heterocycles. The summed E-state index contributed by atoms with van der Waals surface area (Å²) in [6.45, 7) is 0.749. The summed E-state index contributed by atoms with van der Waals surface area (Å²) in [5.41, 5.74) is -0.168. The first-order valence-electron chi connectivity index (χ1n) is 7.01. The van der Waals surface area contributed by atoms with Crippen molar-refractivity contribution in [1.29, 1.82) is 0 Å². The second-order valence-electron chi connectivity index (χ2n) is 6.05. The van der Waals surface area contributed by atoms with Crippen LogP contribution in [0, 0.1) is 5.92 Å². The van der Waals surface area contributed by atoms with Crippen LogP contribution in [0.3, 0.4) is 0 Å². The molecular weight excluding hydrogens is 313 g/mol. The molecule has 1 amide bonds. The van der Waals surface area contributed by atoms with Crippen molar-refractivity contribution in [3.8, 4) is 0 Å². The van der Waals surface area contributed by atoms with Gasteiger partial charge < -0.3 is 15.1 Å². The van der Waals surface area contributed by atoms with Gasteiger partial charge in [0.05, 0.1) is 25.6 Å². The third-order valence-electron chi connectivity index (χ3n) is 4.26. The lowest BCUT2D eigenvalue weighted by molar-refractivity contribution is -0.161. The Hall–Kier alpha value is -0.810. The fourth-order valence-corrected chi connectivity index (χ4v) is 3.39. The van der Waals surface area contributed by atoms with E-state index in [1.165, 1.54) is 0 Å². The average Bonchev–Trinajstić information content (AvgIpc) is 3.17. The minimum Gasteiger partial charge on any atom is -0.388 e. The number of aliphatic hydroxyl groups is 2. The van der Waals surface area contributed by atoms with Crippen LogP contribution in [0.2, 0.25) is 10.0 Å². The molecule has 0 bridgehead atoms. The van der Waals surface area contributed by atoms with Crippen molar-refractivity contribution < 1.29 is 15.0 Å². The molecule has 21 heavy (non-hydrogen) atoms. The summed E-state index contributed by atoms with van der Waals surface area (Å²) in [5.74, 6) is 0.183. The normalized spacial score (nSPS) is 21.8. The number of halogens is 2. The van der Waals surface area contributed by atoms with E-state index in [2.05, 4.69) is 0 Å². The van der Waals surface area contributed by atoms with E-state index in [9.17, 15) is 15.0 Å². The Kier molecular flexibility index (Phi) is 3.91. The highest BCUT2D eigenvalue weighted by atomic mass is 35.5. The number of β-amino-alcohol motifs (C(OH)–C–C–N with tert-alkyl or cyclic N) is 1. The quantitative estimate of drug-likeness (QED) is 0.891. The highest BCUT2D eigenvalue weighted by Crippen LogP contribution is 2.44. The number of amides is 1. The van der Waals surface area contributed by atoms with E-state index in [1.54, 1.807) is 23.1 Å². The van der Waals surface area contributed by atoms with Gasteiger partial charge in [0.15, 0.2) is 0 Å². The van der Waals surface area contributed by atoms with Crippen LogP contribution in [0.5, 0.6) is 0 Å². The number of nitrogens with zero attached hydrogens (tertiary/aromatic N) is 1. The monoisotopic (exact) mass is 329 g/mol. The first kappa shape index (κ1) is 15.1. The first-order valence-corrected chi connectivity index (χ1v) is 7.77. The van der Waals surface area contributed by atoms with Gasteiger partial charge in [-0.05, 0) is 42.5 Å². The van der Waals surface area contributed by atoms with E-state index >= 15 is 0 Å². The van der Waals surface area contributed by atoms with Gasteiger partial charge in [-0.25, -0.2) is 0 Å². The third kappa shape index (κ3) is 3.19. The van der Waals surface area contributed by atoms with Crippen LogP contribution in [-0.4, -0.2) is 39.7 Å². The minimum atomic E-state index is -0.941. The number of hydrogen-bond acceptors (Lipinski definition) is 3. The van der Waals surface area contributed by atoms with Gasteiger partial charge in [-0.3, -0.25) is 4.79 Å². The van der Waals surface area contributed by atoms with Gasteiger partial charge in [-0.1, -0.05) is 23.2 Å². The van der Waals surface area contributed by atoms with Crippen LogP contribution in [0.4, 0.5) is 0 Å². The number of likely N-dealkylation sites (tertiary alicyclic amines) is 1. The molecule has 1 saturated carbocycles. The van der Waals surface area contributed by atoms with Crippen molar-refractivity contribution in [3.05, 3.63) is 33.8 Å². The fraction of sp³-hybridized carbons (Fsp3) is 0.533. The summed E-state index contributed by atoms with van der Waals surface area (Å²) in [6.07, 6.45) is 1.12. The summed E-state index contributed by atoms with van der Waals surface area (Å²) in [4.78, 5) is 13.7. The van der Waals surface area contributed by atoms with Crippen molar-refractivity contribution in [1.82, 2.24) is 4.90 Å². The molecule has 6 heteroatoms. The largest absolute Gasteiger partial charge is 0.388 e. The zero-order valence-electron chi connectivity index (χ0n) is 11.4. The molecule has 1 heterocycles. The number of hydrogen-bond donors (Lipinski definition) is 2. The zero-order chi connectivity index (χ0) is 15.2. The Morgan fingerprint density at radius 1 is 1.29 bits per heavy atom. The summed E-state index contributed by atoms with van der Waals surface area (Å²) in [6, 6.07) is 4.77. The number of carbonyl (C=O) groups is 1. The standard InChI is InChI=1S/C15H17Cl2NO3/c16-11-3-9(4-12(17)5-11)13(19)6-14(20)18-7-15(21,8-18)10-1-2-10/h3-5,10,13,19,21H,1-2,6-8H2. The third-order valence-corrected chi connectivity index (χ3v) is 4.69. The minimum absolute atomic E-state index is 0.0303. The number of benzene rings is 1. The van der Waals surface area contributed by atoms with E-state index < -0.39 is 11.7 Å². The Morgan fingerprint density at radius 3 is 2.38 bits per heavy atom. The topological polar surface area (TPSA) is 60.8 Å². The number of carbonyl (C=O) groups excluding carboxylic acids is 1. The van der Waals surface area contributed by atoms with Gasteiger partial charge in [0.2, 0.25) is 5.91 Å². The second-order valence-corrected chi connectivity index (χ2v) is 6.92. The lowest BCUT2D eigenvalue weighted by Gasteiger charge is -2.47. The maximum atomic E-state index is 12.1. The molecule has 1 aliphatic heterocycles. The summed E-state index contributed by atoms with van der Waals surface area (Å²) in [7, 11) is 0. The van der Waals surface area contributed by atoms with Crippen molar-refractivity contribution in [2.45, 2.75) is 31.0 Å². The first-order chi connectivity index (χ1) is 9.87. The van der Waals surface area contributed by atoms with Gasteiger partial charge in [-0.15, -0.1) is 0 Å². The molecule has 114 valence electrons. The maximum absolute atomic E-state index is 12.1. The SMILES string of the molecule is O=C(CC(O)c1cc(Cl)cc(Cl)c1)N1CC(O)(C2CC2)C1. The van der Waals surface area contributed by atoms with E-state index in [0.717, 1.165) is 12.8 Å². The van der Waals surface area contributed by atoms with E-state index in [4.69, 9.17) is 23.2 Å². The average molecular weight is 330 g/mol. The van der Waals surface area contributed by atoms with Gasteiger partial charge in [0, 0.05) is 10.0 Å². The molecule has 3 rings (SSSR count). The van der Waals surface area contributed by atoms with Crippen LogP contribution in [0.15, 0.2) is 18.2 Å². The molecule has 1 aromatic rings. The highest BCUT2D eigenvalue weighted by molar-refractivity contribution is 6.34. The van der Waals surface area contributed by atoms with Gasteiger partial charge in [-0.2, -0.15) is 0 Å². The van der Waals surface area contributed by atoms with E-state index in [1.807, 2.05) is 0 Å². The smallest absolute Gasteiger partial charge is 0.225 e. The fourth-order valence-electron chi connectivity index (χ4n) is 2.85. The Bertz CT molecular complexity index is 548. The molecule has 2 aliphatic rings. The van der Waals surface area contributed by atoms with Crippen molar-refractivity contribution in [2.75, 3.05) is 13.1 Å². The molecule has 0 spiro atoms. The predicted molar refractivity (Wildman–Crippen MR) is 80.3 cm³/mol. The van der Waals surface area contributed by atoms with Crippen molar-refractivity contribution in [3.63, 3.8) is 0 Å². The molecule has 1 aromatic carbocycles. The van der Waals surface area contributed by atoms with Gasteiger partial charge >= 0.3 is 0 Å². The van der Waals surface area contributed by atoms with Gasteiger partial charge in [0.1, 0.15) is 5.60 Å². The van der Waals surface area contributed by atoms with Crippen LogP contribution in [0.1, 0.15) is 30.9 Å². The predicted octanol–water partition coefficient (Wildman–Crippen LogP) is 2.40. The summed E-state index contributed by atoms with van der Waals surface area (Å²) in [5, 5.41) is 21.2. The molecule has 1 aliphatic carbocycles. The summed E-state index contributed by atoms with van der Waals surface area (Å²) < 4.78 is 0. The molecule has 4 nitrogen and oxygen atoms in total. The van der Waals surface area contributed by atoms with Gasteiger partial charge in [0.25, 0.3) is 0 Å². The van der Waals surface area contributed by atoms with Crippen molar-refractivity contribution >= 4 is 29.1 Å². The van der Waals surface area contributed by atoms with E-state index in [-0.39, 0.29) is 12.3 Å². The Balaban J connectivity index is 1.57. The van der Waals surface area contributed by atoms with Crippen LogP contribution in [0.25, 0.3) is 0 Å². The molecule has 1 atom stereocenters. The van der Waals surface area contributed by atoms with Crippen LogP contribution in [-0.2, 0) is 4.79 Å². The molecular formula is C15H17Cl2NO3. The highest BCUT2D eigenvalue weighted by Gasteiger charge is 2.53. The lowest BCUT2D eigenvalue weighted by Crippen LogP contribution is -2.64. The van der Waals surface area contributed by atoms with Crippen LogP contribution < -0.4 is 0 Å². The molecule has 1 unspecified atom stereocenters. The van der Waals surface area contributed by atoms with E-state index in [0.29, 0.717) is 34.6 Å². The summed E-state index contributed by atoms with van der Waals surface area (Å²) >= 11 is 11.8. The second kappa shape index (κ2) is 5.43. The van der Waals surface area contributed by atoms with Crippen LogP contribution >= 0.6 is 23.2 Å². The zero-order valence-corrected chi connectivity index (χ0v) is 12.9. The van der Waals surface area contributed by atoms with Crippen molar-refractivity contribution in [2.24, 2.45) is 5.92 Å². The molecule has 0 radical (unpaired) electrons. The maximum Gasteiger partial charge on any atom is 0.225 e. The lowest BCUT2D eigenvalue weighted by atomic mass is 9.88. The number of aliphatic hydroxyl groups excluding tert-OH is 1. The Morgan fingerprint density at radius 2 is 1.86 bits per heavy atom. The number of rotatable bonds is 4. The molecule has 2 fully saturated rings. The Labute approximate surface area is 133 Å². The molecule has 1 saturated heterocycles.